The van der Waals surface area contributed by atoms with E-state index in [-0.39, 0.29) is 24.1 Å². The van der Waals surface area contributed by atoms with E-state index in [1.54, 1.807) is 36.4 Å². The Morgan fingerprint density at radius 2 is 1.91 bits per heavy atom. The van der Waals surface area contributed by atoms with E-state index in [2.05, 4.69) is 0 Å². The number of Topliss-reactive ketones (excluding diaryl/α,β-unsaturated/α-hetero) is 1. The molecule has 2 aliphatic heterocycles. The summed E-state index contributed by atoms with van der Waals surface area (Å²) in [5.74, 6) is 0.480. The van der Waals surface area contributed by atoms with E-state index in [4.69, 9.17) is 30.5 Å². The van der Waals surface area contributed by atoms with Crippen molar-refractivity contribution in [1.82, 2.24) is 0 Å². The van der Waals surface area contributed by atoms with Crippen LogP contribution in [0, 0.1) is 0 Å². The first-order chi connectivity index (χ1) is 16.1. The van der Waals surface area contributed by atoms with Crippen LogP contribution in [0.25, 0.3) is 12.2 Å². The number of allylic oxidation sites excluding steroid dienone is 1. The van der Waals surface area contributed by atoms with Crippen molar-refractivity contribution >= 4 is 35.5 Å². The molecular weight excluding hydrogens is 444 g/mol. The minimum Gasteiger partial charge on any atom is -0.467 e. The SMILES string of the molecule is O=C(C=Cc1ccccc1)Oc1ccc2c(c1)OC(=Cc1cc(Cl)cc3c1OCOC3)C2=O. The van der Waals surface area contributed by atoms with E-state index in [1.807, 2.05) is 30.3 Å². The molecule has 0 amide bonds. The van der Waals surface area contributed by atoms with Gasteiger partial charge in [-0.2, -0.15) is 0 Å². The van der Waals surface area contributed by atoms with Crippen LogP contribution >= 0.6 is 11.6 Å². The molecule has 0 aromatic heterocycles. The van der Waals surface area contributed by atoms with Crippen molar-refractivity contribution in [3.63, 3.8) is 0 Å². The summed E-state index contributed by atoms with van der Waals surface area (Å²) < 4.78 is 22.0. The third-order valence-electron chi connectivity index (χ3n) is 5.06. The lowest BCUT2D eigenvalue weighted by Crippen LogP contribution is -2.12. The number of hydrogen-bond acceptors (Lipinski definition) is 6. The standard InChI is InChI=1S/C26H17ClO6/c27-19-10-17(26-18(11-19)14-30-15-31-26)12-23-25(29)21-8-7-20(13-22(21)33-23)32-24(28)9-6-16-4-2-1-3-5-16/h1-13H,14-15H2. The van der Waals surface area contributed by atoms with Gasteiger partial charge >= 0.3 is 5.97 Å². The van der Waals surface area contributed by atoms with Crippen LogP contribution in [-0.4, -0.2) is 18.5 Å². The van der Waals surface area contributed by atoms with Gasteiger partial charge in [-0.05, 0) is 42.0 Å². The number of hydrogen-bond donors (Lipinski definition) is 0. The Hall–Kier alpha value is -3.87. The van der Waals surface area contributed by atoms with E-state index < -0.39 is 5.97 Å². The molecule has 0 fully saturated rings. The molecule has 0 atom stereocenters. The maximum atomic E-state index is 12.8. The van der Waals surface area contributed by atoms with E-state index in [0.29, 0.717) is 34.3 Å². The summed E-state index contributed by atoms with van der Waals surface area (Å²) in [4.78, 5) is 25.0. The van der Waals surface area contributed by atoms with Crippen molar-refractivity contribution in [2.45, 2.75) is 6.61 Å². The number of fused-ring (bicyclic) bond motifs is 2. The summed E-state index contributed by atoms with van der Waals surface area (Å²) in [6.45, 7) is 0.488. The van der Waals surface area contributed by atoms with Crippen LogP contribution in [0.4, 0.5) is 0 Å². The van der Waals surface area contributed by atoms with Crippen LogP contribution in [-0.2, 0) is 16.1 Å². The number of halogens is 1. The molecule has 3 aromatic carbocycles. The number of rotatable bonds is 4. The molecule has 0 N–H and O–H groups in total. The van der Waals surface area contributed by atoms with Crippen LogP contribution in [0.3, 0.4) is 0 Å². The lowest BCUT2D eigenvalue weighted by molar-refractivity contribution is -0.128. The summed E-state index contributed by atoms with van der Waals surface area (Å²) in [6.07, 6.45) is 4.59. The minimum absolute atomic E-state index is 0.118. The second-order valence-electron chi connectivity index (χ2n) is 7.36. The maximum Gasteiger partial charge on any atom is 0.336 e. The van der Waals surface area contributed by atoms with Gasteiger partial charge in [0.25, 0.3) is 0 Å². The molecule has 0 spiro atoms. The Labute approximate surface area is 194 Å². The highest BCUT2D eigenvalue weighted by Gasteiger charge is 2.29. The zero-order valence-electron chi connectivity index (χ0n) is 17.2. The number of ether oxygens (including phenoxy) is 4. The predicted octanol–water partition coefficient (Wildman–Crippen LogP) is 5.44. The van der Waals surface area contributed by atoms with Crippen LogP contribution in [0.5, 0.6) is 17.2 Å². The lowest BCUT2D eigenvalue weighted by Gasteiger charge is -2.20. The molecule has 7 heteroatoms. The fourth-order valence-corrected chi connectivity index (χ4v) is 3.82. The van der Waals surface area contributed by atoms with Gasteiger partial charge in [0, 0.05) is 28.3 Å². The van der Waals surface area contributed by atoms with Crippen molar-refractivity contribution in [2.75, 3.05) is 6.79 Å². The Kier molecular flexibility index (Phi) is 5.69. The Balaban J connectivity index is 1.35. The molecule has 3 aromatic rings. The predicted molar refractivity (Wildman–Crippen MR) is 122 cm³/mol. The smallest absolute Gasteiger partial charge is 0.336 e. The Bertz CT molecular complexity index is 1310. The normalized spacial score (nSPS) is 15.7. The van der Waals surface area contributed by atoms with Gasteiger partial charge in [-0.3, -0.25) is 4.79 Å². The molecule has 0 saturated heterocycles. The minimum atomic E-state index is -0.538. The molecule has 0 unspecified atom stereocenters. The average Bonchev–Trinajstić information content (AvgIpc) is 3.12. The molecule has 2 heterocycles. The molecule has 0 saturated carbocycles. The Morgan fingerprint density at radius 3 is 2.76 bits per heavy atom. The summed E-state index contributed by atoms with van der Waals surface area (Å²) in [5.41, 5.74) is 2.67. The number of benzene rings is 3. The van der Waals surface area contributed by atoms with Gasteiger partial charge in [0.15, 0.2) is 12.6 Å². The van der Waals surface area contributed by atoms with Gasteiger partial charge < -0.3 is 18.9 Å². The quantitative estimate of drug-likeness (QED) is 0.293. The summed E-state index contributed by atoms with van der Waals surface area (Å²) in [5, 5.41) is 0.496. The van der Waals surface area contributed by atoms with Gasteiger partial charge in [0.2, 0.25) is 5.78 Å². The third-order valence-corrected chi connectivity index (χ3v) is 5.28. The highest BCUT2D eigenvalue weighted by molar-refractivity contribution is 6.31. The van der Waals surface area contributed by atoms with E-state index in [9.17, 15) is 9.59 Å². The zero-order valence-corrected chi connectivity index (χ0v) is 18.0. The Morgan fingerprint density at radius 1 is 1.06 bits per heavy atom. The van der Waals surface area contributed by atoms with Crippen LogP contribution in [0.2, 0.25) is 5.02 Å². The highest BCUT2D eigenvalue weighted by atomic mass is 35.5. The third kappa shape index (κ3) is 4.53. The van der Waals surface area contributed by atoms with E-state index >= 15 is 0 Å². The molecule has 0 radical (unpaired) electrons. The van der Waals surface area contributed by atoms with Crippen molar-refractivity contribution in [1.29, 1.82) is 0 Å². The average molecular weight is 461 g/mol. The van der Waals surface area contributed by atoms with Crippen molar-refractivity contribution in [3.05, 3.63) is 99.8 Å². The van der Waals surface area contributed by atoms with Gasteiger partial charge in [-0.1, -0.05) is 41.9 Å². The molecule has 164 valence electrons. The first-order valence-electron chi connectivity index (χ1n) is 10.1. The lowest BCUT2D eigenvalue weighted by atomic mass is 10.1. The molecule has 5 rings (SSSR count). The summed E-state index contributed by atoms with van der Waals surface area (Å²) >= 11 is 6.21. The number of carbonyl (C=O) groups is 2. The molecular formula is C26H17ClO6. The number of ketones is 1. The largest absolute Gasteiger partial charge is 0.467 e. The number of esters is 1. The van der Waals surface area contributed by atoms with Crippen molar-refractivity contribution in [2.24, 2.45) is 0 Å². The number of carbonyl (C=O) groups excluding carboxylic acids is 2. The van der Waals surface area contributed by atoms with Crippen LogP contribution < -0.4 is 14.2 Å². The first kappa shape index (κ1) is 21.0. The van der Waals surface area contributed by atoms with Crippen LogP contribution in [0.1, 0.15) is 27.0 Å². The van der Waals surface area contributed by atoms with Gasteiger partial charge in [-0.25, -0.2) is 4.79 Å². The molecule has 33 heavy (non-hydrogen) atoms. The second-order valence-corrected chi connectivity index (χ2v) is 7.79. The highest BCUT2D eigenvalue weighted by Crippen LogP contribution is 2.38. The van der Waals surface area contributed by atoms with Crippen molar-refractivity contribution in [3.8, 4) is 17.2 Å². The summed E-state index contributed by atoms with van der Waals surface area (Å²) in [6, 6.07) is 17.5. The van der Waals surface area contributed by atoms with Gasteiger partial charge in [-0.15, -0.1) is 0 Å². The van der Waals surface area contributed by atoms with E-state index in [1.165, 1.54) is 12.1 Å². The van der Waals surface area contributed by atoms with Gasteiger partial charge in [0.05, 0.1) is 12.2 Å². The molecule has 2 aliphatic rings. The zero-order chi connectivity index (χ0) is 22.8. The summed E-state index contributed by atoms with van der Waals surface area (Å²) in [7, 11) is 0. The second kappa shape index (κ2) is 8.94. The van der Waals surface area contributed by atoms with Gasteiger partial charge in [0.1, 0.15) is 17.2 Å². The fourth-order valence-electron chi connectivity index (χ4n) is 3.57. The van der Waals surface area contributed by atoms with E-state index in [0.717, 1.165) is 11.1 Å². The first-order valence-corrected chi connectivity index (χ1v) is 10.5. The molecule has 0 bridgehead atoms. The van der Waals surface area contributed by atoms with Crippen LogP contribution in [0.15, 0.2) is 72.5 Å². The maximum absolute atomic E-state index is 12.8. The monoisotopic (exact) mass is 460 g/mol. The fraction of sp³-hybridized carbons (Fsp3) is 0.0769. The topological polar surface area (TPSA) is 71.1 Å². The molecule has 6 nitrogen and oxygen atoms in total. The van der Waals surface area contributed by atoms with Crippen molar-refractivity contribution < 1.29 is 28.5 Å². The molecule has 0 aliphatic carbocycles.